The third-order valence-electron chi connectivity index (χ3n) is 7.54. The number of aliphatic hydroxyl groups excluding tert-OH is 3. The van der Waals surface area contributed by atoms with E-state index in [1.54, 1.807) is 12.1 Å². The highest BCUT2D eigenvalue weighted by Gasteiger charge is 2.44. The number of hydrogen-bond acceptors (Lipinski definition) is 8. The van der Waals surface area contributed by atoms with Crippen molar-refractivity contribution in [3.05, 3.63) is 64.2 Å². The predicted octanol–water partition coefficient (Wildman–Crippen LogP) is 0.952. The van der Waals surface area contributed by atoms with Crippen molar-refractivity contribution in [2.75, 3.05) is 39.3 Å². The van der Waals surface area contributed by atoms with E-state index in [2.05, 4.69) is 15.5 Å². The third-order valence-corrected chi connectivity index (χ3v) is 7.54. The molecule has 2 amide bonds. The zero-order chi connectivity index (χ0) is 27.9. The van der Waals surface area contributed by atoms with Gasteiger partial charge in [-0.1, -0.05) is 24.3 Å². The number of aliphatic hydroxyl groups is 3. The van der Waals surface area contributed by atoms with Crippen LogP contribution in [-0.2, 0) is 22.4 Å². The van der Waals surface area contributed by atoms with E-state index in [-0.39, 0.29) is 17.3 Å². The van der Waals surface area contributed by atoms with Crippen molar-refractivity contribution in [3.63, 3.8) is 0 Å². The minimum absolute atomic E-state index is 0.124. The Labute approximate surface area is 228 Å². The van der Waals surface area contributed by atoms with Crippen LogP contribution in [0.25, 0.3) is 0 Å². The average Bonchev–Trinajstić information content (AvgIpc) is 3.44. The summed E-state index contributed by atoms with van der Waals surface area (Å²) in [5, 5.41) is 46.4. The van der Waals surface area contributed by atoms with Crippen LogP contribution in [0.15, 0.2) is 36.4 Å². The highest BCUT2D eigenvalue weighted by atomic mass is 16.5. The summed E-state index contributed by atoms with van der Waals surface area (Å²) in [5.41, 5.74) is 4.08. The van der Waals surface area contributed by atoms with E-state index >= 15 is 0 Å². The molecule has 10 heteroatoms. The van der Waals surface area contributed by atoms with Gasteiger partial charge in [0.15, 0.2) is 5.78 Å². The molecular weight excluding hydrogens is 502 g/mol. The number of rotatable bonds is 10. The van der Waals surface area contributed by atoms with Gasteiger partial charge < -0.3 is 40.7 Å². The lowest BCUT2D eigenvalue weighted by Gasteiger charge is -2.36. The van der Waals surface area contributed by atoms with Crippen LogP contribution in [0.4, 0.5) is 4.79 Å². The number of aryl methyl sites for hydroxylation is 1. The molecule has 2 aromatic rings. The Morgan fingerprint density at radius 1 is 1.05 bits per heavy atom. The third kappa shape index (κ3) is 7.34. The number of carbonyl (C=O) groups excluding carboxylic acids is 2. The Hall–Kier alpha value is -3.02. The van der Waals surface area contributed by atoms with Gasteiger partial charge in [-0.15, -0.1) is 0 Å². The highest BCUT2D eigenvalue weighted by Crippen LogP contribution is 2.37. The number of hydrogen-bond donors (Lipinski definition) is 6. The van der Waals surface area contributed by atoms with Crippen molar-refractivity contribution in [3.8, 4) is 5.75 Å². The van der Waals surface area contributed by atoms with Crippen molar-refractivity contribution >= 4 is 11.8 Å². The summed E-state index contributed by atoms with van der Waals surface area (Å²) in [6.45, 7) is 5.51. The Balaban J connectivity index is 1.31. The lowest BCUT2D eigenvalue weighted by molar-refractivity contribution is -0.188. The lowest BCUT2D eigenvalue weighted by atomic mass is 9.89. The summed E-state index contributed by atoms with van der Waals surface area (Å²) in [7, 11) is 0. The van der Waals surface area contributed by atoms with Crippen LogP contribution >= 0.6 is 0 Å². The first-order valence-electron chi connectivity index (χ1n) is 13.6. The second kappa shape index (κ2) is 13.4. The largest absolute Gasteiger partial charge is 0.508 e. The van der Waals surface area contributed by atoms with Crippen LogP contribution in [0.1, 0.15) is 46.8 Å². The standard InChI is InChI=1S/C29H39N3O7/c1-18-14-23(34)22(28-27(37)26(36)25(35)24(17-33)39-28)16-21(18)15-20-6-4-19(5-7-20)8-9-30-29(38)31-10-13-32-11-2-3-12-32/h4-7,14,16,24,26-28,33-34,36-37H,2-3,8-13,15,17H2,1H3,(H2,30,31,38)/t24-,26+,27-,28+/m1/s1. The van der Waals surface area contributed by atoms with Crippen LogP contribution in [-0.4, -0.2) is 94.8 Å². The number of nitrogens with one attached hydrogen (secondary N) is 2. The van der Waals surface area contributed by atoms with E-state index < -0.39 is 36.8 Å². The van der Waals surface area contributed by atoms with Gasteiger partial charge in [-0.2, -0.15) is 0 Å². The van der Waals surface area contributed by atoms with Crippen molar-refractivity contribution in [2.24, 2.45) is 0 Å². The second-order valence-electron chi connectivity index (χ2n) is 10.4. The SMILES string of the molecule is Cc1cc(O)c([C@@H]2O[C@H](CO)C(=O)[C@H](O)[C@H]2O)cc1Cc1ccc(CCNC(=O)NCCN2CCCC2)cc1. The van der Waals surface area contributed by atoms with E-state index in [1.165, 1.54) is 12.8 Å². The number of aromatic hydroxyl groups is 1. The minimum Gasteiger partial charge on any atom is -0.508 e. The number of urea groups is 1. The first-order chi connectivity index (χ1) is 18.8. The number of benzene rings is 2. The monoisotopic (exact) mass is 541 g/mol. The molecule has 2 fully saturated rings. The first-order valence-corrected chi connectivity index (χ1v) is 13.6. The summed E-state index contributed by atoms with van der Waals surface area (Å²) in [6, 6.07) is 11.2. The molecule has 4 atom stereocenters. The fraction of sp³-hybridized carbons (Fsp3) is 0.517. The molecule has 4 rings (SSSR count). The second-order valence-corrected chi connectivity index (χ2v) is 10.4. The van der Waals surface area contributed by atoms with Crippen molar-refractivity contribution in [1.29, 1.82) is 0 Å². The molecule has 10 nitrogen and oxygen atoms in total. The first kappa shape index (κ1) is 29.0. The van der Waals surface area contributed by atoms with Gasteiger partial charge in [0.1, 0.15) is 30.2 Å². The molecule has 0 unspecified atom stereocenters. The molecule has 0 radical (unpaired) electrons. The fourth-order valence-electron chi connectivity index (χ4n) is 5.17. The van der Waals surface area contributed by atoms with Gasteiger partial charge in [-0.25, -0.2) is 4.79 Å². The number of ether oxygens (including phenoxy) is 1. The Kier molecular flexibility index (Phi) is 9.93. The Morgan fingerprint density at radius 3 is 2.41 bits per heavy atom. The summed E-state index contributed by atoms with van der Waals surface area (Å²) in [5.74, 6) is -0.914. The Morgan fingerprint density at radius 2 is 1.72 bits per heavy atom. The number of nitrogens with zero attached hydrogens (tertiary/aromatic N) is 1. The minimum atomic E-state index is -1.71. The average molecular weight is 542 g/mol. The number of phenols is 1. The lowest BCUT2D eigenvalue weighted by Crippen LogP contribution is -2.52. The topological polar surface area (TPSA) is 152 Å². The van der Waals surface area contributed by atoms with Crippen LogP contribution in [0.3, 0.4) is 0 Å². The number of Topliss-reactive ketones (excluding diaryl/α,β-unsaturated/α-hetero) is 1. The summed E-state index contributed by atoms with van der Waals surface area (Å²) >= 11 is 0. The van der Waals surface area contributed by atoms with E-state index in [4.69, 9.17) is 4.74 Å². The maximum absolute atomic E-state index is 12.0. The van der Waals surface area contributed by atoms with Gasteiger partial charge >= 0.3 is 6.03 Å². The maximum Gasteiger partial charge on any atom is 0.314 e. The van der Waals surface area contributed by atoms with Crippen molar-refractivity contribution < 1.29 is 34.8 Å². The van der Waals surface area contributed by atoms with E-state index in [0.29, 0.717) is 25.9 Å². The molecule has 0 aliphatic carbocycles. The van der Waals surface area contributed by atoms with Gasteiger partial charge in [0.2, 0.25) is 0 Å². The number of carbonyl (C=O) groups is 2. The fourth-order valence-corrected chi connectivity index (χ4v) is 5.17. The molecule has 212 valence electrons. The molecule has 6 N–H and O–H groups in total. The molecule has 2 saturated heterocycles. The van der Waals surface area contributed by atoms with Crippen LogP contribution in [0.5, 0.6) is 5.75 Å². The van der Waals surface area contributed by atoms with Gasteiger partial charge in [-0.3, -0.25) is 4.79 Å². The van der Waals surface area contributed by atoms with Gasteiger partial charge in [-0.05, 0) is 80.1 Å². The molecule has 0 spiro atoms. The summed E-state index contributed by atoms with van der Waals surface area (Å²) < 4.78 is 5.55. The van der Waals surface area contributed by atoms with Gasteiger partial charge in [0, 0.05) is 25.2 Å². The van der Waals surface area contributed by atoms with Crippen LogP contribution in [0, 0.1) is 6.92 Å². The Bertz CT molecular complexity index is 1130. The van der Waals surface area contributed by atoms with Crippen LogP contribution in [0.2, 0.25) is 0 Å². The predicted molar refractivity (Wildman–Crippen MR) is 145 cm³/mol. The quantitative estimate of drug-likeness (QED) is 0.260. The number of phenolic OH excluding ortho intramolecular Hbond substituents is 1. The molecule has 0 aromatic heterocycles. The normalized spacial score (nSPS) is 23.6. The van der Waals surface area contributed by atoms with Gasteiger partial charge in [0.05, 0.1) is 6.61 Å². The molecule has 2 heterocycles. The highest BCUT2D eigenvalue weighted by molar-refractivity contribution is 5.88. The number of ketones is 1. The number of likely N-dealkylation sites (tertiary alicyclic amines) is 1. The van der Waals surface area contributed by atoms with Crippen molar-refractivity contribution in [2.45, 2.75) is 57.0 Å². The molecule has 2 aliphatic rings. The molecular formula is C29H39N3O7. The zero-order valence-electron chi connectivity index (χ0n) is 22.3. The molecule has 2 aromatic carbocycles. The van der Waals surface area contributed by atoms with Crippen LogP contribution < -0.4 is 10.6 Å². The molecule has 0 saturated carbocycles. The number of amides is 2. The smallest absolute Gasteiger partial charge is 0.314 e. The van der Waals surface area contributed by atoms with E-state index in [1.807, 2.05) is 31.2 Å². The van der Waals surface area contributed by atoms with Crippen molar-refractivity contribution in [1.82, 2.24) is 15.5 Å². The van der Waals surface area contributed by atoms with E-state index in [9.17, 15) is 30.0 Å². The molecule has 0 bridgehead atoms. The molecule has 2 aliphatic heterocycles. The maximum atomic E-state index is 12.0. The summed E-state index contributed by atoms with van der Waals surface area (Å²) in [6.07, 6.45) is -2.01. The zero-order valence-corrected chi connectivity index (χ0v) is 22.3. The van der Waals surface area contributed by atoms with E-state index in [0.717, 1.165) is 41.9 Å². The summed E-state index contributed by atoms with van der Waals surface area (Å²) in [4.78, 5) is 26.4. The molecule has 39 heavy (non-hydrogen) atoms. The van der Waals surface area contributed by atoms with Gasteiger partial charge in [0.25, 0.3) is 0 Å².